The van der Waals surface area contributed by atoms with E-state index >= 15 is 0 Å². The molecule has 5 atom stereocenters. The summed E-state index contributed by atoms with van der Waals surface area (Å²) in [5.41, 5.74) is 0. The number of aliphatic hydroxyl groups is 1. The summed E-state index contributed by atoms with van der Waals surface area (Å²) in [6, 6.07) is 0. The van der Waals surface area contributed by atoms with E-state index in [0.717, 1.165) is 108 Å². The fraction of sp³-hybridized carbons (Fsp3) is 0.946. The topological polar surface area (TPSA) is 237 Å². The van der Waals surface area contributed by atoms with Crippen molar-refractivity contribution in [3.05, 3.63) is 0 Å². The number of hydrogen-bond acceptors (Lipinski definition) is 15. The minimum absolute atomic E-state index is 0.106. The molecule has 0 radical (unpaired) electrons. The Morgan fingerprint density at radius 3 is 0.731 bits per heavy atom. The van der Waals surface area contributed by atoms with Crippen LogP contribution in [0, 0.1) is 17.8 Å². The fourth-order valence-corrected chi connectivity index (χ4v) is 12.8. The van der Waals surface area contributed by atoms with Crippen LogP contribution in [-0.2, 0) is 65.4 Å². The molecule has 0 aromatic heterocycles. The van der Waals surface area contributed by atoms with Gasteiger partial charge in [-0.3, -0.25) is 37.3 Å². The van der Waals surface area contributed by atoms with Gasteiger partial charge in [-0.15, -0.1) is 0 Å². The molecular formula is C74H144O17P2. The zero-order valence-corrected chi connectivity index (χ0v) is 62.5. The number of unbranched alkanes of at least 4 members (excludes halogenated alkanes) is 40. The third-order valence-electron chi connectivity index (χ3n) is 17.1. The molecule has 552 valence electrons. The Morgan fingerprint density at radius 1 is 0.290 bits per heavy atom. The number of ether oxygens (including phenoxy) is 4. The average molecular weight is 1370 g/mol. The van der Waals surface area contributed by atoms with E-state index < -0.39 is 97.5 Å². The summed E-state index contributed by atoms with van der Waals surface area (Å²) in [4.78, 5) is 72.6. The molecule has 0 aromatic rings. The van der Waals surface area contributed by atoms with E-state index in [4.69, 9.17) is 37.0 Å². The third kappa shape index (κ3) is 68.4. The van der Waals surface area contributed by atoms with Gasteiger partial charge in [-0.05, 0) is 43.4 Å². The van der Waals surface area contributed by atoms with Gasteiger partial charge in [0.05, 0.1) is 26.4 Å². The molecular weight excluding hydrogens is 1220 g/mol. The molecule has 3 N–H and O–H groups in total. The second kappa shape index (κ2) is 64.7. The Kier molecular flexibility index (Phi) is 63.4. The van der Waals surface area contributed by atoms with Gasteiger partial charge in [0.15, 0.2) is 12.2 Å². The van der Waals surface area contributed by atoms with Gasteiger partial charge in [-0.25, -0.2) is 9.13 Å². The zero-order valence-electron chi connectivity index (χ0n) is 60.7. The van der Waals surface area contributed by atoms with Gasteiger partial charge in [0.1, 0.15) is 19.3 Å². The molecule has 0 aliphatic rings. The molecule has 0 spiro atoms. The minimum Gasteiger partial charge on any atom is -0.462 e. The maximum absolute atomic E-state index is 13.1. The maximum Gasteiger partial charge on any atom is 0.472 e. The second-order valence-electron chi connectivity index (χ2n) is 28.1. The summed E-state index contributed by atoms with van der Waals surface area (Å²) >= 11 is 0. The third-order valence-corrected chi connectivity index (χ3v) is 19.0. The molecule has 93 heavy (non-hydrogen) atoms. The van der Waals surface area contributed by atoms with Gasteiger partial charge in [0.2, 0.25) is 0 Å². The normalized spacial score (nSPS) is 14.1. The van der Waals surface area contributed by atoms with Crippen molar-refractivity contribution in [1.82, 2.24) is 0 Å². The molecule has 0 amide bonds. The Labute approximate surface area is 568 Å². The second-order valence-corrected chi connectivity index (χ2v) is 31.0. The zero-order chi connectivity index (χ0) is 68.7. The van der Waals surface area contributed by atoms with Gasteiger partial charge < -0.3 is 33.8 Å². The van der Waals surface area contributed by atoms with Gasteiger partial charge in [-0.1, -0.05) is 325 Å². The number of rotatable bonds is 72. The fourth-order valence-electron chi connectivity index (χ4n) is 11.2. The van der Waals surface area contributed by atoms with Crippen LogP contribution in [0.1, 0.15) is 376 Å². The lowest BCUT2D eigenvalue weighted by atomic mass is 10.0. The number of phosphoric acid groups is 2. The number of hydrogen-bond donors (Lipinski definition) is 3. The molecule has 0 saturated carbocycles. The van der Waals surface area contributed by atoms with Crippen LogP contribution >= 0.6 is 15.6 Å². The quantitative estimate of drug-likeness (QED) is 0.0222. The van der Waals surface area contributed by atoms with Gasteiger partial charge in [0.25, 0.3) is 0 Å². The van der Waals surface area contributed by atoms with E-state index in [1.54, 1.807) is 0 Å². The Balaban J connectivity index is 5.18. The van der Waals surface area contributed by atoms with Crippen LogP contribution in [0.2, 0.25) is 0 Å². The first-order valence-electron chi connectivity index (χ1n) is 38.3. The molecule has 2 unspecified atom stereocenters. The maximum atomic E-state index is 13.1. The van der Waals surface area contributed by atoms with Crippen LogP contribution in [0.15, 0.2) is 0 Å². The Bertz CT molecular complexity index is 1820. The van der Waals surface area contributed by atoms with Gasteiger partial charge in [-0.2, -0.15) is 0 Å². The molecule has 17 nitrogen and oxygen atoms in total. The highest BCUT2D eigenvalue weighted by atomic mass is 31.2. The van der Waals surface area contributed by atoms with Crippen LogP contribution in [-0.4, -0.2) is 96.7 Å². The average Bonchev–Trinajstić information content (AvgIpc) is 1.65. The van der Waals surface area contributed by atoms with Crippen molar-refractivity contribution in [3.8, 4) is 0 Å². The van der Waals surface area contributed by atoms with Gasteiger partial charge >= 0.3 is 39.5 Å². The molecule has 0 saturated heterocycles. The van der Waals surface area contributed by atoms with E-state index in [1.165, 1.54) is 180 Å². The van der Waals surface area contributed by atoms with Crippen molar-refractivity contribution >= 4 is 39.5 Å². The first-order valence-corrected chi connectivity index (χ1v) is 41.3. The summed E-state index contributed by atoms with van der Waals surface area (Å²) in [6.07, 6.45) is 50.2. The van der Waals surface area contributed by atoms with E-state index in [9.17, 15) is 43.2 Å². The van der Waals surface area contributed by atoms with Crippen molar-refractivity contribution in [2.75, 3.05) is 39.6 Å². The SMILES string of the molecule is CCCCCCCCCCCCCC(=O)O[C@H](COC(=O)CCCCCCCCC(C)C)COP(=O)(O)OC[C@H](O)COP(=O)(O)OC[C@@H](COC(=O)CCCCCCCCCCCC(C)C)OC(=O)CCCCCCCCCCCCCCCCCCCCC(C)C. The largest absolute Gasteiger partial charge is 0.472 e. The van der Waals surface area contributed by atoms with Crippen molar-refractivity contribution in [2.24, 2.45) is 17.8 Å². The van der Waals surface area contributed by atoms with Crippen LogP contribution in [0.5, 0.6) is 0 Å². The molecule has 0 heterocycles. The predicted molar refractivity (Wildman–Crippen MR) is 377 cm³/mol. The number of phosphoric ester groups is 2. The summed E-state index contributed by atoms with van der Waals surface area (Å²) < 4.78 is 68.4. The van der Waals surface area contributed by atoms with Crippen LogP contribution < -0.4 is 0 Å². The van der Waals surface area contributed by atoms with Crippen molar-refractivity contribution in [3.63, 3.8) is 0 Å². The number of carbonyl (C=O) groups is 4. The first kappa shape index (κ1) is 91.1. The van der Waals surface area contributed by atoms with E-state index in [2.05, 4.69) is 48.5 Å². The summed E-state index contributed by atoms with van der Waals surface area (Å²) in [5, 5.41) is 10.6. The molecule has 19 heteroatoms. The predicted octanol–water partition coefficient (Wildman–Crippen LogP) is 21.4. The Hall–Kier alpha value is -1.94. The van der Waals surface area contributed by atoms with E-state index in [-0.39, 0.29) is 25.7 Å². The van der Waals surface area contributed by atoms with Crippen LogP contribution in [0.4, 0.5) is 0 Å². The van der Waals surface area contributed by atoms with Crippen molar-refractivity contribution in [1.29, 1.82) is 0 Å². The molecule has 0 aromatic carbocycles. The van der Waals surface area contributed by atoms with Crippen LogP contribution in [0.25, 0.3) is 0 Å². The highest BCUT2D eigenvalue weighted by molar-refractivity contribution is 7.47. The monoisotopic (exact) mass is 1370 g/mol. The molecule has 0 rings (SSSR count). The molecule has 0 aliphatic carbocycles. The molecule has 0 aliphatic heterocycles. The standard InChI is InChI=1S/C74H144O17P2/c1-8-9-10-11-12-13-22-28-34-43-50-57-73(78)91-70(62-85-72(77)56-49-42-37-36-40-47-54-67(6)7)64-89-93(82,83)87-60-68(75)59-86-92(80,81)88-63-69(61-84-71(76)55-48-41-33-30-25-27-32-39-46-53-66(4)5)90-74(79)58-51-44-35-29-24-21-19-17-15-14-16-18-20-23-26-31-38-45-52-65(2)3/h65-70,75H,8-64H2,1-7H3,(H,80,81)(H,82,83)/t68-,69-,70-/m1/s1. The summed E-state index contributed by atoms with van der Waals surface area (Å²) in [6.45, 7) is 11.8. The summed E-state index contributed by atoms with van der Waals surface area (Å²) in [5.74, 6) is 0.120. The van der Waals surface area contributed by atoms with E-state index in [0.29, 0.717) is 31.6 Å². The lowest BCUT2D eigenvalue weighted by Crippen LogP contribution is -2.30. The Morgan fingerprint density at radius 2 is 0.495 bits per heavy atom. The molecule has 0 bridgehead atoms. The van der Waals surface area contributed by atoms with E-state index in [1.807, 2.05) is 0 Å². The number of esters is 4. The minimum atomic E-state index is -4.96. The highest BCUT2D eigenvalue weighted by Gasteiger charge is 2.30. The smallest absolute Gasteiger partial charge is 0.462 e. The van der Waals surface area contributed by atoms with Crippen molar-refractivity contribution in [2.45, 2.75) is 394 Å². The summed E-state index contributed by atoms with van der Waals surface area (Å²) in [7, 11) is -9.90. The lowest BCUT2D eigenvalue weighted by Gasteiger charge is -2.21. The highest BCUT2D eigenvalue weighted by Crippen LogP contribution is 2.45. The van der Waals surface area contributed by atoms with Crippen LogP contribution in [0.3, 0.4) is 0 Å². The van der Waals surface area contributed by atoms with Crippen molar-refractivity contribution < 1.29 is 80.2 Å². The number of carbonyl (C=O) groups excluding carboxylic acids is 4. The molecule has 0 fully saturated rings. The van der Waals surface area contributed by atoms with Gasteiger partial charge in [0, 0.05) is 25.7 Å². The number of aliphatic hydroxyl groups excluding tert-OH is 1. The first-order chi connectivity index (χ1) is 44.7. The lowest BCUT2D eigenvalue weighted by molar-refractivity contribution is -0.161.